The lowest BCUT2D eigenvalue weighted by molar-refractivity contribution is 0.141. The van der Waals surface area contributed by atoms with E-state index in [0.717, 1.165) is 37.1 Å². The summed E-state index contributed by atoms with van der Waals surface area (Å²) in [4.78, 5) is 14.8. The zero-order valence-corrected chi connectivity index (χ0v) is 14.8. The van der Waals surface area contributed by atoms with Gasteiger partial charge in [-0.2, -0.15) is 0 Å². The summed E-state index contributed by atoms with van der Waals surface area (Å²) < 4.78 is 0. The molecule has 2 atom stereocenters. The lowest BCUT2D eigenvalue weighted by Gasteiger charge is -2.34. The molecule has 1 aliphatic heterocycles. The summed E-state index contributed by atoms with van der Waals surface area (Å²) in [5, 5.41) is 16.3. The second-order valence-electron chi connectivity index (χ2n) is 7.16. The number of carbonyl (C=O) groups is 1. The molecule has 1 heterocycles. The molecule has 1 fully saturated rings. The summed E-state index contributed by atoms with van der Waals surface area (Å²) in [6.07, 6.45) is 1.88. The van der Waals surface area contributed by atoms with Crippen molar-refractivity contribution in [3.05, 3.63) is 65.7 Å². The first-order valence-corrected chi connectivity index (χ1v) is 9.33. The summed E-state index contributed by atoms with van der Waals surface area (Å²) in [5.74, 6) is 0. The minimum atomic E-state index is -0.557. The first kappa shape index (κ1) is 16.9. The Morgan fingerprint density at radius 2 is 1.65 bits per heavy atom. The molecule has 5 heteroatoms. The molecule has 136 valence electrons. The van der Waals surface area contributed by atoms with Gasteiger partial charge in [0.25, 0.3) is 0 Å². The number of nitrogens with one attached hydrogen (secondary N) is 2. The van der Waals surface area contributed by atoms with Gasteiger partial charge in [0, 0.05) is 31.2 Å². The molecule has 2 aliphatic rings. The molecule has 0 aromatic heterocycles. The molecule has 0 radical (unpaired) electrons. The molecule has 1 aliphatic carbocycles. The smallest absolute Gasteiger partial charge is 0.315 e. The highest BCUT2D eigenvalue weighted by atomic mass is 16.3. The van der Waals surface area contributed by atoms with Gasteiger partial charge in [-0.1, -0.05) is 42.5 Å². The van der Waals surface area contributed by atoms with Gasteiger partial charge in [0.2, 0.25) is 0 Å². The van der Waals surface area contributed by atoms with Gasteiger partial charge >= 0.3 is 6.03 Å². The summed E-state index contributed by atoms with van der Waals surface area (Å²) in [5.41, 5.74) is 3.37. The third-order valence-corrected chi connectivity index (χ3v) is 5.44. The number of aliphatic hydroxyl groups excluding tert-OH is 1. The highest BCUT2D eigenvalue weighted by molar-refractivity contribution is 5.75. The van der Waals surface area contributed by atoms with Crippen molar-refractivity contribution in [1.82, 2.24) is 10.6 Å². The van der Waals surface area contributed by atoms with E-state index >= 15 is 0 Å². The third kappa shape index (κ3) is 3.53. The van der Waals surface area contributed by atoms with Crippen LogP contribution in [0.3, 0.4) is 0 Å². The van der Waals surface area contributed by atoms with Gasteiger partial charge in [0.15, 0.2) is 0 Å². The van der Waals surface area contributed by atoms with E-state index < -0.39 is 6.10 Å². The van der Waals surface area contributed by atoms with Crippen LogP contribution in [0.1, 0.15) is 30.0 Å². The number of rotatable bonds is 3. The Kier molecular flexibility index (Phi) is 4.80. The normalized spacial score (nSPS) is 22.7. The zero-order valence-electron chi connectivity index (χ0n) is 14.8. The van der Waals surface area contributed by atoms with Crippen molar-refractivity contribution >= 4 is 11.7 Å². The Hall–Kier alpha value is -2.53. The summed E-state index contributed by atoms with van der Waals surface area (Å²) in [6, 6.07) is 17.9. The maximum Gasteiger partial charge on any atom is 0.315 e. The highest BCUT2D eigenvalue weighted by Crippen LogP contribution is 2.31. The molecule has 2 aromatic rings. The Balaban J connectivity index is 1.30. The van der Waals surface area contributed by atoms with Crippen LogP contribution in [-0.2, 0) is 6.42 Å². The average molecular weight is 351 g/mol. The Labute approximate surface area is 154 Å². The first-order chi connectivity index (χ1) is 12.7. The fourth-order valence-electron chi connectivity index (χ4n) is 4.04. The summed E-state index contributed by atoms with van der Waals surface area (Å²) >= 11 is 0. The molecule has 2 unspecified atom stereocenters. The molecular formula is C21H25N3O2. The monoisotopic (exact) mass is 351 g/mol. The lowest BCUT2D eigenvalue weighted by Crippen LogP contribution is -2.49. The van der Waals surface area contributed by atoms with Crippen molar-refractivity contribution in [3.63, 3.8) is 0 Å². The van der Waals surface area contributed by atoms with Crippen LogP contribution in [0.5, 0.6) is 0 Å². The van der Waals surface area contributed by atoms with E-state index in [1.165, 1.54) is 5.69 Å². The molecule has 3 N–H and O–H groups in total. The number of hydrogen-bond acceptors (Lipinski definition) is 3. The van der Waals surface area contributed by atoms with Crippen LogP contribution in [0.4, 0.5) is 10.5 Å². The largest absolute Gasteiger partial charge is 0.390 e. The SMILES string of the molecule is O=C(NC1CCN(c2ccccc2)CC1)NC1c2ccccc2CC1O. The van der Waals surface area contributed by atoms with E-state index in [2.05, 4.69) is 39.8 Å². The number of piperidine rings is 1. The molecule has 0 saturated carbocycles. The van der Waals surface area contributed by atoms with Crippen LogP contribution in [0.2, 0.25) is 0 Å². The Morgan fingerprint density at radius 3 is 2.42 bits per heavy atom. The predicted molar refractivity (Wildman–Crippen MR) is 102 cm³/mol. The van der Waals surface area contributed by atoms with Gasteiger partial charge in [0.05, 0.1) is 12.1 Å². The average Bonchev–Trinajstić information content (AvgIpc) is 2.98. The van der Waals surface area contributed by atoms with Gasteiger partial charge in [-0.15, -0.1) is 0 Å². The van der Waals surface area contributed by atoms with E-state index in [1.807, 2.05) is 30.3 Å². The van der Waals surface area contributed by atoms with Gasteiger partial charge < -0.3 is 20.6 Å². The third-order valence-electron chi connectivity index (χ3n) is 5.44. The van der Waals surface area contributed by atoms with Crippen molar-refractivity contribution in [2.75, 3.05) is 18.0 Å². The zero-order chi connectivity index (χ0) is 17.9. The van der Waals surface area contributed by atoms with E-state index in [4.69, 9.17) is 0 Å². The van der Waals surface area contributed by atoms with Crippen LogP contribution < -0.4 is 15.5 Å². The van der Waals surface area contributed by atoms with Gasteiger partial charge in [-0.3, -0.25) is 0 Å². The fourth-order valence-corrected chi connectivity index (χ4v) is 4.04. The fraction of sp³-hybridized carbons (Fsp3) is 0.381. The molecular weight excluding hydrogens is 326 g/mol. The number of benzene rings is 2. The van der Waals surface area contributed by atoms with Crippen molar-refractivity contribution in [1.29, 1.82) is 0 Å². The molecule has 2 amide bonds. The van der Waals surface area contributed by atoms with E-state index in [1.54, 1.807) is 0 Å². The standard InChI is InChI=1S/C21H25N3O2/c25-19-14-15-6-4-5-9-18(15)20(19)23-21(26)22-16-10-12-24(13-11-16)17-7-2-1-3-8-17/h1-9,16,19-20,25H,10-14H2,(H2,22,23,26). The van der Waals surface area contributed by atoms with Gasteiger partial charge in [-0.25, -0.2) is 4.79 Å². The first-order valence-electron chi connectivity index (χ1n) is 9.33. The number of nitrogens with zero attached hydrogens (tertiary/aromatic N) is 1. The van der Waals surface area contributed by atoms with Crippen LogP contribution in [0.25, 0.3) is 0 Å². The molecule has 2 aromatic carbocycles. The van der Waals surface area contributed by atoms with E-state index in [9.17, 15) is 9.90 Å². The van der Waals surface area contributed by atoms with Crippen LogP contribution >= 0.6 is 0 Å². The minimum Gasteiger partial charge on any atom is -0.390 e. The number of hydrogen-bond donors (Lipinski definition) is 3. The Bertz CT molecular complexity index is 757. The number of aliphatic hydroxyl groups is 1. The van der Waals surface area contributed by atoms with Crippen LogP contribution in [0, 0.1) is 0 Å². The number of urea groups is 1. The molecule has 0 spiro atoms. The Morgan fingerprint density at radius 1 is 0.962 bits per heavy atom. The summed E-state index contributed by atoms with van der Waals surface area (Å²) in [6.45, 7) is 1.87. The number of fused-ring (bicyclic) bond motifs is 1. The van der Waals surface area contributed by atoms with E-state index in [-0.39, 0.29) is 18.1 Å². The van der Waals surface area contributed by atoms with Gasteiger partial charge in [-0.05, 0) is 36.1 Å². The van der Waals surface area contributed by atoms with Crippen molar-refractivity contribution < 1.29 is 9.90 Å². The van der Waals surface area contributed by atoms with Gasteiger partial charge in [0.1, 0.15) is 0 Å². The number of para-hydroxylation sites is 1. The number of anilines is 1. The molecule has 26 heavy (non-hydrogen) atoms. The van der Waals surface area contributed by atoms with E-state index in [0.29, 0.717) is 6.42 Å². The molecule has 0 bridgehead atoms. The van der Waals surface area contributed by atoms with Crippen molar-refractivity contribution in [3.8, 4) is 0 Å². The number of carbonyl (C=O) groups excluding carboxylic acids is 1. The topological polar surface area (TPSA) is 64.6 Å². The second-order valence-corrected chi connectivity index (χ2v) is 7.16. The lowest BCUT2D eigenvalue weighted by atomic mass is 10.0. The minimum absolute atomic E-state index is 0.170. The van der Waals surface area contributed by atoms with Crippen molar-refractivity contribution in [2.45, 2.75) is 37.5 Å². The molecule has 4 rings (SSSR count). The van der Waals surface area contributed by atoms with Crippen LogP contribution in [0.15, 0.2) is 54.6 Å². The quantitative estimate of drug-likeness (QED) is 0.796. The predicted octanol–water partition coefficient (Wildman–Crippen LogP) is 2.61. The summed E-state index contributed by atoms with van der Waals surface area (Å²) in [7, 11) is 0. The second kappa shape index (κ2) is 7.38. The highest BCUT2D eigenvalue weighted by Gasteiger charge is 2.32. The maximum absolute atomic E-state index is 12.4. The maximum atomic E-state index is 12.4. The molecule has 5 nitrogen and oxygen atoms in total. The van der Waals surface area contributed by atoms with Crippen LogP contribution in [-0.4, -0.2) is 36.4 Å². The number of amides is 2. The molecule has 1 saturated heterocycles. The van der Waals surface area contributed by atoms with Crippen molar-refractivity contribution in [2.24, 2.45) is 0 Å².